The van der Waals surface area contributed by atoms with E-state index < -0.39 is 10.0 Å². The molecular weight excluding hydrogens is 400 g/mol. The topological polar surface area (TPSA) is 73.8 Å². The standard InChI is InChI=1S/C19H21ClN4O3S/c20-16-6-7-18(21-12-16)28(26,27)24-13-15(14-24)19(25)23-10-8-22(9-11-23)17-4-2-1-3-5-17/h1-7,12,15H,8-11,13-14H2. The maximum Gasteiger partial charge on any atom is 0.260 e. The molecule has 2 fully saturated rings. The first-order valence-corrected chi connectivity index (χ1v) is 11.0. The Morgan fingerprint density at radius 2 is 1.68 bits per heavy atom. The molecule has 1 amide bonds. The molecule has 0 spiro atoms. The number of nitrogens with zero attached hydrogens (tertiary/aromatic N) is 4. The molecule has 0 saturated carbocycles. The lowest BCUT2D eigenvalue weighted by Crippen LogP contribution is -2.59. The van der Waals surface area contributed by atoms with E-state index >= 15 is 0 Å². The van der Waals surface area contributed by atoms with E-state index in [4.69, 9.17) is 11.6 Å². The summed E-state index contributed by atoms with van der Waals surface area (Å²) in [4.78, 5) is 20.7. The third kappa shape index (κ3) is 3.72. The average Bonchev–Trinajstić information content (AvgIpc) is 2.68. The van der Waals surface area contributed by atoms with Gasteiger partial charge in [-0.1, -0.05) is 29.8 Å². The number of piperazine rings is 1. The minimum Gasteiger partial charge on any atom is -0.368 e. The third-order valence-corrected chi connectivity index (χ3v) is 7.19. The zero-order valence-corrected chi connectivity index (χ0v) is 16.8. The van der Waals surface area contributed by atoms with Crippen molar-refractivity contribution in [3.8, 4) is 0 Å². The van der Waals surface area contributed by atoms with Crippen molar-refractivity contribution in [3.63, 3.8) is 0 Å². The highest BCUT2D eigenvalue weighted by atomic mass is 35.5. The summed E-state index contributed by atoms with van der Waals surface area (Å²) in [6.45, 7) is 3.25. The Bertz CT molecular complexity index is 939. The second-order valence-corrected chi connectivity index (χ2v) is 9.30. The van der Waals surface area contributed by atoms with Gasteiger partial charge in [-0.3, -0.25) is 4.79 Å². The predicted octanol–water partition coefficient (Wildman–Crippen LogP) is 1.70. The van der Waals surface area contributed by atoms with Gasteiger partial charge in [0.25, 0.3) is 10.0 Å². The van der Waals surface area contributed by atoms with Crippen molar-refractivity contribution in [2.75, 3.05) is 44.2 Å². The molecule has 0 N–H and O–H groups in total. The largest absolute Gasteiger partial charge is 0.368 e. The van der Waals surface area contributed by atoms with Crippen LogP contribution in [-0.4, -0.2) is 67.8 Å². The lowest BCUT2D eigenvalue weighted by molar-refractivity contribution is -0.139. The number of sulfonamides is 1. The summed E-state index contributed by atoms with van der Waals surface area (Å²) in [5.41, 5.74) is 1.16. The van der Waals surface area contributed by atoms with Gasteiger partial charge >= 0.3 is 0 Å². The van der Waals surface area contributed by atoms with Crippen molar-refractivity contribution < 1.29 is 13.2 Å². The van der Waals surface area contributed by atoms with Gasteiger partial charge in [0, 0.05) is 51.2 Å². The molecule has 9 heteroatoms. The van der Waals surface area contributed by atoms with Gasteiger partial charge in [0.2, 0.25) is 5.91 Å². The van der Waals surface area contributed by atoms with Gasteiger partial charge in [-0.15, -0.1) is 0 Å². The van der Waals surface area contributed by atoms with Crippen LogP contribution in [0.3, 0.4) is 0 Å². The van der Waals surface area contributed by atoms with Gasteiger partial charge < -0.3 is 9.80 Å². The number of pyridine rings is 1. The van der Waals surface area contributed by atoms with Crippen molar-refractivity contribution in [1.29, 1.82) is 0 Å². The number of hydrogen-bond acceptors (Lipinski definition) is 5. The molecule has 1 aromatic heterocycles. The van der Waals surface area contributed by atoms with Gasteiger partial charge in [-0.25, -0.2) is 13.4 Å². The summed E-state index contributed by atoms with van der Waals surface area (Å²) >= 11 is 5.76. The van der Waals surface area contributed by atoms with Crippen molar-refractivity contribution in [3.05, 3.63) is 53.7 Å². The minimum atomic E-state index is -3.68. The highest BCUT2D eigenvalue weighted by Gasteiger charge is 2.42. The van der Waals surface area contributed by atoms with Crippen molar-refractivity contribution >= 4 is 33.2 Å². The molecule has 3 heterocycles. The SMILES string of the molecule is O=C(C1CN(S(=O)(=O)c2ccc(Cl)cn2)C1)N1CCN(c2ccccc2)CC1. The second kappa shape index (κ2) is 7.69. The molecule has 1 aromatic carbocycles. The van der Waals surface area contributed by atoms with E-state index in [1.165, 1.54) is 22.6 Å². The summed E-state index contributed by atoms with van der Waals surface area (Å²) < 4.78 is 26.4. The molecule has 2 saturated heterocycles. The summed E-state index contributed by atoms with van der Waals surface area (Å²) in [6.07, 6.45) is 1.31. The van der Waals surface area contributed by atoms with E-state index in [1.807, 2.05) is 23.1 Å². The summed E-state index contributed by atoms with van der Waals surface area (Å²) in [5.74, 6) is -0.256. The Hall–Kier alpha value is -2.16. The number of aromatic nitrogens is 1. The van der Waals surface area contributed by atoms with Crippen LogP contribution in [0.5, 0.6) is 0 Å². The first-order valence-electron chi connectivity index (χ1n) is 9.15. The molecular formula is C19H21ClN4O3S. The first kappa shape index (κ1) is 19.2. The van der Waals surface area contributed by atoms with Crippen LogP contribution < -0.4 is 4.90 Å². The number of carbonyl (C=O) groups excluding carboxylic acids is 1. The van der Waals surface area contributed by atoms with E-state index in [-0.39, 0.29) is 29.9 Å². The monoisotopic (exact) mass is 420 g/mol. The number of anilines is 1. The Labute approximate surface area is 169 Å². The van der Waals surface area contributed by atoms with Crippen LogP contribution in [0.25, 0.3) is 0 Å². The Morgan fingerprint density at radius 1 is 1.00 bits per heavy atom. The lowest BCUT2D eigenvalue weighted by atomic mass is 10.0. The number of benzene rings is 1. The van der Waals surface area contributed by atoms with Gasteiger partial charge in [-0.05, 0) is 24.3 Å². The zero-order chi connectivity index (χ0) is 19.7. The van der Waals surface area contributed by atoms with Crippen LogP contribution in [-0.2, 0) is 14.8 Å². The molecule has 0 atom stereocenters. The molecule has 28 heavy (non-hydrogen) atoms. The Balaban J connectivity index is 1.31. The van der Waals surface area contributed by atoms with Gasteiger partial charge in [0.15, 0.2) is 5.03 Å². The van der Waals surface area contributed by atoms with Crippen molar-refractivity contribution in [1.82, 2.24) is 14.2 Å². The van der Waals surface area contributed by atoms with Crippen LogP contribution in [0.1, 0.15) is 0 Å². The van der Waals surface area contributed by atoms with Crippen molar-refractivity contribution in [2.45, 2.75) is 5.03 Å². The molecule has 2 aliphatic heterocycles. The predicted molar refractivity (Wildman–Crippen MR) is 107 cm³/mol. The minimum absolute atomic E-state index is 0.0308. The molecule has 4 rings (SSSR count). The molecule has 2 aliphatic rings. The molecule has 7 nitrogen and oxygen atoms in total. The fraction of sp³-hybridized carbons (Fsp3) is 0.368. The number of halogens is 1. The van der Waals surface area contributed by atoms with Gasteiger partial charge in [0.05, 0.1) is 10.9 Å². The molecule has 148 valence electrons. The highest BCUT2D eigenvalue weighted by molar-refractivity contribution is 7.89. The van der Waals surface area contributed by atoms with Crippen molar-refractivity contribution in [2.24, 2.45) is 5.92 Å². The van der Waals surface area contributed by atoms with E-state index in [2.05, 4.69) is 22.0 Å². The Morgan fingerprint density at radius 3 is 2.29 bits per heavy atom. The molecule has 0 aliphatic carbocycles. The number of hydrogen-bond donors (Lipinski definition) is 0. The number of para-hydroxylation sites is 1. The van der Waals surface area contributed by atoms with Crippen LogP contribution in [0.15, 0.2) is 53.7 Å². The number of amides is 1. The fourth-order valence-corrected chi connectivity index (χ4v) is 5.07. The fourth-order valence-electron chi connectivity index (χ4n) is 3.52. The van der Waals surface area contributed by atoms with Crippen LogP contribution >= 0.6 is 11.6 Å². The second-order valence-electron chi connectivity index (χ2n) is 6.98. The first-order chi connectivity index (χ1) is 13.4. The van der Waals surface area contributed by atoms with E-state index in [0.29, 0.717) is 18.1 Å². The molecule has 0 bridgehead atoms. The van der Waals surface area contributed by atoms with E-state index in [1.54, 1.807) is 0 Å². The smallest absolute Gasteiger partial charge is 0.260 e. The lowest BCUT2D eigenvalue weighted by Gasteiger charge is -2.42. The highest BCUT2D eigenvalue weighted by Crippen LogP contribution is 2.26. The number of carbonyl (C=O) groups is 1. The average molecular weight is 421 g/mol. The van der Waals surface area contributed by atoms with Gasteiger partial charge in [0.1, 0.15) is 0 Å². The molecule has 2 aromatic rings. The van der Waals surface area contributed by atoms with E-state index in [0.717, 1.165) is 18.8 Å². The maximum absolute atomic E-state index is 12.7. The zero-order valence-electron chi connectivity index (χ0n) is 15.2. The van der Waals surface area contributed by atoms with E-state index in [9.17, 15) is 13.2 Å². The maximum atomic E-state index is 12.7. The van der Waals surface area contributed by atoms with Crippen LogP contribution in [0.4, 0.5) is 5.69 Å². The quantitative estimate of drug-likeness (QED) is 0.752. The summed E-state index contributed by atoms with van der Waals surface area (Å²) in [7, 11) is -3.68. The normalized spacial score (nSPS) is 18.8. The molecule has 0 unspecified atom stereocenters. The number of rotatable bonds is 4. The van der Waals surface area contributed by atoms with Gasteiger partial charge in [-0.2, -0.15) is 4.31 Å². The summed E-state index contributed by atoms with van der Waals surface area (Å²) in [6, 6.07) is 13.0. The van der Waals surface area contributed by atoms with Crippen LogP contribution in [0, 0.1) is 5.92 Å². The third-order valence-electron chi connectivity index (χ3n) is 5.21. The molecule has 0 radical (unpaired) electrons. The Kier molecular flexibility index (Phi) is 5.27. The van der Waals surface area contributed by atoms with Crippen LogP contribution in [0.2, 0.25) is 5.02 Å². The summed E-state index contributed by atoms with van der Waals surface area (Å²) in [5, 5.41) is 0.338.